The summed E-state index contributed by atoms with van der Waals surface area (Å²) in [7, 11) is 0. The standard InChI is InChI=1S/C39H32/c1-23-21-29-19-17-27-15-13-25-9-5-7-11-31(25)33(27)35(29)37(23)39(3,4)38-24(2)22-30-20-18-28-16-14-26-10-6-8-12-32(26)34(28)36(30)38/h5-22,37-38H,1-4H3. The maximum Gasteiger partial charge on any atom is 0.0121 e. The lowest BCUT2D eigenvalue weighted by Crippen LogP contribution is -2.30. The molecule has 2 aliphatic rings. The molecular weight excluding hydrogens is 468 g/mol. The first-order valence-electron chi connectivity index (χ1n) is 14.2. The highest BCUT2D eigenvalue weighted by atomic mass is 14.5. The minimum Gasteiger partial charge on any atom is -0.0646 e. The molecule has 6 aromatic carbocycles. The van der Waals surface area contributed by atoms with E-state index in [0.29, 0.717) is 11.8 Å². The van der Waals surface area contributed by atoms with Crippen LogP contribution in [0.2, 0.25) is 0 Å². The molecule has 0 heterocycles. The van der Waals surface area contributed by atoms with Crippen LogP contribution in [-0.4, -0.2) is 0 Å². The predicted molar refractivity (Wildman–Crippen MR) is 169 cm³/mol. The third-order valence-electron chi connectivity index (χ3n) is 9.71. The van der Waals surface area contributed by atoms with Gasteiger partial charge in [-0.1, -0.05) is 134 Å². The molecule has 0 N–H and O–H groups in total. The van der Waals surface area contributed by atoms with E-state index in [0.717, 1.165) is 0 Å². The first kappa shape index (κ1) is 22.8. The van der Waals surface area contributed by atoms with Crippen molar-refractivity contribution >= 4 is 55.2 Å². The summed E-state index contributed by atoms with van der Waals surface area (Å²) in [6, 6.07) is 36.3. The number of benzene rings is 6. The molecule has 0 fully saturated rings. The summed E-state index contributed by atoms with van der Waals surface area (Å²) in [5, 5.41) is 10.9. The van der Waals surface area contributed by atoms with Gasteiger partial charge in [-0.3, -0.25) is 0 Å². The second-order valence-electron chi connectivity index (χ2n) is 12.4. The average molecular weight is 501 g/mol. The van der Waals surface area contributed by atoms with E-state index < -0.39 is 0 Å². The van der Waals surface area contributed by atoms with E-state index >= 15 is 0 Å². The van der Waals surface area contributed by atoms with Gasteiger partial charge >= 0.3 is 0 Å². The van der Waals surface area contributed by atoms with E-state index in [1.165, 1.54) is 76.5 Å². The maximum atomic E-state index is 2.52. The first-order chi connectivity index (χ1) is 18.9. The summed E-state index contributed by atoms with van der Waals surface area (Å²) in [6.07, 6.45) is 4.91. The van der Waals surface area contributed by atoms with Crippen molar-refractivity contribution in [3.05, 3.63) is 130 Å². The SMILES string of the molecule is CC1=Cc2ccc3ccc4ccccc4c3c2C1C(C)(C)C1C(C)=Cc2ccc3ccc4ccccc4c3c21. The normalized spacial score (nSPS) is 18.6. The quantitative estimate of drug-likeness (QED) is 0.207. The summed E-state index contributed by atoms with van der Waals surface area (Å²) in [4.78, 5) is 0. The number of fused-ring (bicyclic) bond motifs is 10. The Bertz CT molecular complexity index is 1920. The van der Waals surface area contributed by atoms with Gasteiger partial charge in [-0.2, -0.15) is 0 Å². The summed E-state index contributed by atoms with van der Waals surface area (Å²) in [5.41, 5.74) is 8.71. The highest BCUT2D eigenvalue weighted by molar-refractivity contribution is 6.12. The van der Waals surface area contributed by atoms with Crippen LogP contribution in [0.1, 0.15) is 61.8 Å². The fourth-order valence-corrected chi connectivity index (χ4v) is 8.35. The topological polar surface area (TPSA) is 0 Å². The zero-order chi connectivity index (χ0) is 26.5. The first-order valence-corrected chi connectivity index (χ1v) is 14.2. The van der Waals surface area contributed by atoms with Crippen molar-refractivity contribution < 1.29 is 0 Å². The van der Waals surface area contributed by atoms with E-state index in [1.807, 2.05) is 0 Å². The fraction of sp³-hybridized carbons (Fsp3) is 0.179. The van der Waals surface area contributed by atoms with Gasteiger partial charge in [0.15, 0.2) is 0 Å². The number of allylic oxidation sites excluding steroid dienone is 2. The molecule has 2 aliphatic carbocycles. The van der Waals surface area contributed by atoms with Crippen molar-refractivity contribution in [3.63, 3.8) is 0 Å². The molecule has 0 amide bonds. The lowest BCUT2D eigenvalue weighted by molar-refractivity contribution is 0.277. The van der Waals surface area contributed by atoms with E-state index in [1.54, 1.807) is 0 Å². The largest absolute Gasteiger partial charge is 0.0646 e. The lowest BCUT2D eigenvalue weighted by atomic mass is 9.61. The lowest BCUT2D eigenvalue weighted by Gasteiger charge is -2.41. The monoisotopic (exact) mass is 500 g/mol. The Labute approximate surface area is 230 Å². The van der Waals surface area contributed by atoms with Crippen LogP contribution in [0.4, 0.5) is 0 Å². The fourth-order valence-electron chi connectivity index (χ4n) is 8.35. The second kappa shape index (κ2) is 7.93. The van der Waals surface area contributed by atoms with Crippen LogP contribution in [0.15, 0.2) is 108 Å². The van der Waals surface area contributed by atoms with Gasteiger partial charge in [-0.15, -0.1) is 0 Å². The Morgan fingerprint density at radius 1 is 0.462 bits per heavy atom. The summed E-state index contributed by atoms with van der Waals surface area (Å²) in [6.45, 7) is 9.76. The van der Waals surface area contributed by atoms with Gasteiger partial charge in [0.05, 0.1) is 0 Å². The predicted octanol–water partition coefficient (Wildman–Crippen LogP) is 11.0. The van der Waals surface area contributed by atoms with Gasteiger partial charge in [-0.25, -0.2) is 0 Å². The van der Waals surface area contributed by atoms with Crippen LogP contribution in [0.3, 0.4) is 0 Å². The Morgan fingerprint density at radius 3 is 1.31 bits per heavy atom. The van der Waals surface area contributed by atoms with E-state index in [2.05, 4.69) is 137 Å². The smallest absolute Gasteiger partial charge is 0.0121 e. The molecule has 0 bridgehead atoms. The highest BCUT2D eigenvalue weighted by Gasteiger charge is 2.46. The van der Waals surface area contributed by atoms with Crippen molar-refractivity contribution in [2.45, 2.75) is 39.5 Å². The van der Waals surface area contributed by atoms with Gasteiger partial charge in [-0.05, 0) is 84.6 Å². The van der Waals surface area contributed by atoms with E-state index in [9.17, 15) is 0 Å². The van der Waals surface area contributed by atoms with Crippen LogP contribution in [0.5, 0.6) is 0 Å². The van der Waals surface area contributed by atoms with Crippen LogP contribution < -0.4 is 0 Å². The molecule has 0 radical (unpaired) electrons. The third kappa shape index (κ3) is 3.06. The zero-order valence-electron chi connectivity index (χ0n) is 23.0. The third-order valence-corrected chi connectivity index (χ3v) is 9.71. The number of hydrogen-bond acceptors (Lipinski definition) is 0. The van der Waals surface area contributed by atoms with Crippen molar-refractivity contribution in [2.75, 3.05) is 0 Å². The number of rotatable bonds is 2. The van der Waals surface area contributed by atoms with Crippen LogP contribution in [0.25, 0.3) is 55.2 Å². The van der Waals surface area contributed by atoms with Crippen molar-refractivity contribution in [2.24, 2.45) is 5.41 Å². The molecule has 0 aliphatic heterocycles. The van der Waals surface area contributed by atoms with E-state index in [4.69, 9.17) is 0 Å². The Kier molecular flexibility index (Phi) is 4.63. The molecule has 0 nitrogen and oxygen atoms in total. The van der Waals surface area contributed by atoms with Gasteiger partial charge in [0, 0.05) is 11.8 Å². The van der Waals surface area contributed by atoms with Crippen LogP contribution >= 0.6 is 0 Å². The molecule has 2 unspecified atom stereocenters. The van der Waals surface area contributed by atoms with Gasteiger partial charge in [0.2, 0.25) is 0 Å². The van der Waals surface area contributed by atoms with Gasteiger partial charge in [0.25, 0.3) is 0 Å². The summed E-state index contributed by atoms with van der Waals surface area (Å²) < 4.78 is 0. The van der Waals surface area contributed by atoms with Crippen LogP contribution in [-0.2, 0) is 0 Å². The second-order valence-corrected chi connectivity index (χ2v) is 12.4. The van der Waals surface area contributed by atoms with Gasteiger partial charge in [0.1, 0.15) is 0 Å². The Hall–Kier alpha value is -4.16. The van der Waals surface area contributed by atoms with E-state index in [-0.39, 0.29) is 5.41 Å². The molecule has 8 rings (SSSR count). The summed E-state index contributed by atoms with van der Waals surface area (Å²) >= 11 is 0. The molecule has 0 saturated carbocycles. The van der Waals surface area contributed by atoms with Crippen LogP contribution in [0, 0.1) is 5.41 Å². The minimum absolute atomic E-state index is 0.0336. The van der Waals surface area contributed by atoms with Crippen molar-refractivity contribution in [1.82, 2.24) is 0 Å². The molecule has 0 spiro atoms. The molecule has 0 saturated heterocycles. The molecule has 2 atom stereocenters. The van der Waals surface area contributed by atoms with Crippen molar-refractivity contribution in [3.8, 4) is 0 Å². The average Bonchev–Trinajstić information content (AvgIpc) is 3.48. The zero-order valence-corrected chi connectivity index (χ0v) is 23.0. The Morgan fingerprint density at radius 2 is 0.846 bits per heavy atom. The Balaban J connectivity index is 1.41. The minimum atomic E-state index is -0.0336. The molecule has 39 heavy (non-hydrogen) atoms. The number of hydrogen-bond donors (Lipinski definition) is 0. The molecule has 6 aromatic rings. The molecule has 0 heteroatoms. The molecule has 0 aromatic heterocycles. The molecule has 188 valence electrons. The maximum absolute atomic E-state index is 2.52. The molecular formula is C39H32. The highest BCUT2D eigenvalue weighted by Crippen LogP contribution is 2.60. The summed E-state index contributed by atoms with van der Waals surface area (Å²) in [5.74, 6) is 0.651. The van der Waals surface area contributed by atoms with Gasteiger partial charge < -0.3 is 0 Å². The van der Waals surface area contributed by atoms with Crippen molar-refractivity contribution in [1.29, 1.82) is 0 Å².